The van der Waals surface area contributed by atoms with Gasteiger partial charge in [-0.05, 0) is 0 Å². The predicted molar refractivity (Wildman–Crippen MR) is 43.1 cm³/mol. The Bertz CT molecular complexity index is 150. The van der Waals surface area contributed by atoms with Crippen LogP contribution in [-0.2, 0) is 3.67 Å². The molecule has 0 atom stereocenters. The Morgan fingerprint density at radius 3 is 2.00 bits per heavy atom. The first-order valence-electron chi connectivity index (χ1n) is 2.97. The van der Waals surface area contributed by atoms with Gasteiger partial charge in [0.1, 0.15) is 0 Å². The van der Waals surface area contributed by atoms with Crippen molar-refractivity contribution in [1.29, 1.82) is 0 Å². The van der Waals surface area contributed by atoms with Gasteiger partial charge in [0.05, 0.1) is 0 Å². The molecule has 0 spiro atoms. The van der Waals surface area contributed by atoms with Crippen LogP contribution >= 0.6 is 12.4 Å². The first kappa shape index (κ1) is 9.51. The van der Waals surface area contributed by atoms with E-state index in [4.69, 9.17) is 0 Å². The van der Waals surface area contributed by atoms with Gasteiger partial charge in [-0.1, -0.05) is 0 Å². The van der Waals surface area contributed by atoms with Crippen LogP contribution in [0.2, 0.25) is 0 Å². The van der Waals surface area contributed by atoms with Crippen molar-refractivity contribution in [1.82, 2.24) is 0 Å². The monoisotopic (exact) mass is 150 g/mol. The van der Waals surface area contributed by atoms with E-state index in [0.29, 0.717) is 0 Å². The summed E-state index contributed by atoms with van der Waals surface area (Å²) in [5.74, 6) is 0. The molecule has 0 unspecified atom stereocenters. The van der Waals surface area contributed by atoms with Gasteiger partial charge in [0.15, 0.2) is 0 Å². The molecule has 0 fully saturated rings. The number of rotatable bonds is 1. The molecule has 0 aliphatic heterocycles. The van der Waals surface area contributed by atoms with Gasteiger partial charge in [-0.15, -0.1) is 12.4 Å². The molecule has 0 heterocycles. The van der Waals surface area contributed by atoms with E-state index in [9.17, 15) is 0 Å². The molecule has 9 heavy (non-hydrogen) atoms. The molecule has 0 aliphatic carbocycles. The fourth-order valence-electron chi connectivity index (χ4n) is 0.714. The summed E-state index contributed by atoms with van der Waals surface area (Å²) in [5, 5.41) is 0. The summed E-state index contributed by atoms with van der Waals surface area (Å²) in [4.78, 5) is 0. The average molecular weight is 151 g/mol. The van der Waals surface area contributed by atoms with Crippen LogP contribution in [0.25, 0.3) is 0 Å². The van der Waals surface area contributed by atoms with Gasteiger partial charge in [0.2, 0.25) is 0 Å². The van der Waals surface area contributed by atoms with Crippen molar-refractivity contribution in [3.8, 4) is 0 Å². The van der Waals surface area contributed by atoms with Crippen LogP contribution in [0.3, 0.4) is 0 Å². The van der Waals surface area contributed by atoms with Crippen LogP contribution in [0.4, 0.5) is 0 Å². The third kappa shape index (κ3) is 3.27. The summed E-state index contributed by atoms with van der Waals surface area (Å²) >= 11 is 1.28. The van der Waals surface area contributed by atoms with Crippen LogP contribution in [0.15, 0.2) is 30.3 Å². The number of hydrogen-bond donors (Lipinski definition) is 0. The Balaban J connectivity index is 0.000000640. The average Bonchev–Trinajstić information content (AvgIpc) is 1.90. The summed E-state index contributed by atoms with van der Waals surface area (Å²) < 4.78 is 1.28. The molecule has 0 saturated heterocycles. The van der Waals surface area contributed by atoms with E-state index in [1.807, 2.05) is 0 Å². The van der Waals surface area contributed by atoms with E-state index < -0.39 is 0 Å². The fraction of sp³-hybridized carbons (Fsp3) is 0.143. The molecular formula is C7H8ClNa. The summed E-state index contributed by atoms with van der Waals surface area (Å²) in [5.41, 5.74) is 1.47. The number of benzene rings is 1. The quantitative estimate of drug-likeness (QED) is 0.536. The van der Waals surface area contributed by atoms with Gasteiger partial charge in [0, 0.05) is 0 Å². The molecule has 1 aromatic carbocycles. The van der Waals surface area contributed by atoms with E-state index >= 15 is 0 Å². The Kier molecular flexibility index (Phi) is 5.61. The van der Waals surface area contributed by atoms with Crippen LogP contribution < -0.4 is 0 Å². The molecule has 2 heteroatoms. The molecule has 0 amide bonds. The Morgan fingerprint density at radius 1 is 1.11 bits per heavy atom. The zero-order chi connectivity index (χ0) is 5.82. The molecule has 0 aromatic heterocycles. The second kappa shape index (κ2) is 5.31. The summed E-state index contributed by atoms with van der Waals surface area (Å²) in [6.45, 7) is 0. The van der Waals surface area contributed by atoms with E-state index in [0.717, 1.165) is 0 Å². The van der Waals surface area contributed by atoms with E-state index in [2.05, 4.69) is 30.3 Å². The fourth-order valence-corrected chi connectivity index (χ4v) is 1.19. The van der Waals surface area contributed by atoms with Crippen LogP contribution in [0.1, 0.15) is 5.56 Å². The molecule has 44 valence electrons. The van der Waals surface area contributed by atoms with Gasteiger partial charge in [0.25, 0.3) is 0 Å². The normalized spacial score (nSPS) is 8.22. The molecule has 1 rings (SSSR count). The van der Waals surface area contributed by atoms with Crippen molar-refractivity contribution in [2.24, 2.45) is 0 Å². The van der Waals surface area contributed by atoms with Gasteiger partial charge in [-0.2, -0.15) is 0 Å². The first-order chi connectivity index (χ1) is 3.93. The zero-order valence-electron chi connectivity index (χ0n) is 5.50. The summed E-state index contributed by atoms with van der Waals surface area (Å²) in [6.07, 6.45) is 0. The van der Waals surface area contributed by atoms with Crippen LogP contribution in [0, 0.1) is 0 Å². The van der Waals surface area contributed by atoms with Crippen molar-refractivity contribution >= 4 is 40.3 Å². The molecule has 0 bridgehead atoms. The Labute approximate surface area is 79.5 Å². The van der Waals surface area contributed by atoms with Crippen molar-refractivity contribution in [3.05, 3.63) is 35.9 Å². The minimum absolute atomic E-state index is 0. The summed E-state index contributed by atoms with van der Waals surface area (Å²) in [7, 11) is 0. The maximum atomic E-state index is 2.17. The minimum atomic E-state index is 0. The topological polar surface area (TPSA) is 0 Å². The third-order valence-corrected chi connectivity index (χ3v) is 2.07. The second-order valence-electron chi connectivity index (χ2n) is 1.84. The third-order valence-electron chi connectivity index (χ3n) is 1.25. The Hall–Kier alpha value is 0.510. The van der Waals surface area contributed by atoms with Gasteiger partial charge in [-0.25, -0.2) is 0 Å². The van der Waals surface area contributed by atoms with Crippen molar-refractivity contribution in [3.63, 3.8) is 0 Å². The SMILES string of the molecule is Cl.[Na][CH2]c1ccccc1. The van der Waals surface area contributed by atoms with Gasteiger partial charge < -0.3 is 0 Å². The standard InChI is InChI=1S/C7H7.ClH.Na/c1-7-5-3-2-4-6-7;;/h2-6H,1H2;1H;. The molecule has 0 saturated carbocycles. The number of halogens is 1. The zero-order valence-corrected chi connectivity index (χ0v) is 8.32. The maximum absolute atomic E-state index is 2.17. The molecule has 0 nitrogen and oxygen atoms in total. The van der Waals surface area contributed by atoms with Gasteiger partial charge >= 0.3 is 67.5 Å². The summed E-state index contributed by atoms with van der Waals surface area (Å²) in [6, 6.07) is 10.6. The van der Waals surface area contributed by atoms with E-state index in [-0.39, 0.29) is 12.4 Å². The Morgan fingerprint density at radius 2 is 1.67 bits per heavy atom. The van der Waals surface area contributed by atoms with E-state index in [1.165, 1.54) is 37.2 Å². The number of hydrogen-bond acceptors (Lipinski definition) is 0. The van der Waals surface area contributed by atoms with Crippen LogP contribution in [0.5, 0.6) is 0 Å². The van der Waals surface area contributed by atoms with Crippen molar-refractivity contribution in [2.45, 2.75) is 3.67 Å². The first-order valence-corrected chi connectivity index (χ1v) is 4.39. The predicted octanol–water partition coefficient (Wildman–Crippen LogP) is 1.78. The molecule has 0 radical (unpaired) electrons. The van der Waals surface area contributed by atoms with Crippen molar-refractivity contribution in [2.75, 3.05) is 0 Å². The molecule has 0 aliphatic rings. The second-order valence-corrected chi connectivity index (χ2v) is 2.55. The van der Waals surface area contributed by atoms with Gasteiger partial charge in [-0.3, -0.25) is 0 Å². The molecule has 1 aromatic rings. The molecular weight excluding hydrogens is 143 g/mol. The van der Waals surface area contributed by atoms with E-state index in [1.54, 1.807) is 0 Å². The molecule has 0 N–H and O–H groups in total. The van der Waals surface area contributed by atoms with Crippen molar-refractivity contribution < 1.29 is 0 Å². The van der Waals surface area contributed by atoms with Crippen LogP contribution in [-0.4, -0.2) is 27.9 Å².